The largest absolute Gasteiger partial charge is 0.391 e. The molecular formula is C16H13NOS. The Labute approximate surface area is 116 Å². The summed E-state index contributed by atoms with van der Waals surface area (Å²) in [6, 6.07) is 12.4. The van der Waals surface area contributed by atoms with E-state index in [4.69, 9.17) is 5.26 Å². The van der Waals surface area contributed by atoms with Crippen LogP contribution in [0.1, 0.15) is 26.4 Å². The number of aliphatic hydroxyl groups is 1. The number of nitrogens with zero attached hydrogens (tertiary/aromatic N) is 1. The number of allylic oxidation sites excluding steroid dienone is 1. The van der Waals surface area contributed by atoms with Crippen LogP contribution in [0.25, 0.3) is 5.57 Å². The number of nitriles is 1. The van der Waals surface area contributed by atoms with E-state index in [1.54, 1.807) is 17.4 Å². The van der Waals surface area contributed by atoms with Gasteiger partial charge in [0.2, 0.25) is 0 Å². The van der Waals surface area contributed by atoms with E-state index in [1.165, 1.54) is 10.4 Å². The van der Waals surface area contributed by atoms with Gasteiger partial charge in [-0.1, -0.05) is 24.3 Å². The summed E-state index contributed by atoms with van der Waals surface area (Å²) in [6.07, 6.45) is 3.58. The Morgan fingerprint density at radius 1 is 1.26 bits per heavy atom. The molecule has 0 atom stereocenters. The molecular weight excluding hydrogens is 254 g/mol. The van der Waals surface area contributed by atoms with Crippen LogP contribution in [-0.2, 0) is 19.4 Å². The van der Waals surface area contributed by atoms with Crippen LogP contribution in [0.4, 0.5) is 0 Å². The van der Waals surface area contributed by atoms with Crippen molar-refractivity contribution in [2.75, 3.05) is 0 Å². The van der Waals surface area contributed by atoms with Gasteiger partial charge in [0.15, 0.2) is 0 Å². The average Bonchev–Trinajstić information content (AvgIpc) is 2.80. The average molecular weight is 267 g/mol. The Hall–Kier alpha value is -1.89. The van der Waals surface area contributed by atoms with Gasteiger partial charge in [-0.05, 0) is 35.6 Å². The number of fused-ring (bicyclic) bond motifs is 2. The Bertz CT molecular complexity index is 691. The Morgan fingerprint density at radius 2 is 2.11 bits per heavy atom. The van der Waals surface area contributed by atoms with Gasteiger partial charge in [-0.15, -0.1) is 11.3 Å². The van der Waals surface area contributed by atoms with Crippen molar-refractivity contribution in [2.24, 2.45) is 0 Å². The highest BCUT2D eigenvalue weighted by Gasteiger charge is 2.20. The highest BCUT2D eigenvalue weighted by atomic mass is 32.1. The maximum absolute atomic E-state index is 9.29. The minimum absolute atomic E-state index is 0.0686. The van der Waals surface area contributed by atoms with Gasteiger partial charge in [0.05, 0.1) is 12.7 Å². The van der Waals surface area contributed by atoms with Crippen LogP contribution in [-0.4, -0.2) is 5.11 Å². The van der Waals surface area contributed by atoms with Gasteiger partial charge in [-0.2, -0.15) is 5.26 Å². The van der Waals surface area contributed by atoms with E-state index in [9.17, 15) is 5.11 Å². The molecule has 2 aromatic rings. The van der Waals surface area contributed by atoms with E-state index in [0.717, 1.165) is 34.4 Å². The molecule has 1 aliphatic carbocycles. The molecule has 1 aromatic heterocycles. The van der Waals surface area contributed by atoms with Crippen molar-refractivity contribution in [3.63, 3.8) is 0 Å². The van der Waals surface area contributed by atoms with Crippen molar-refractivity contribution >= 4 is 16.9 Å². The zero-order chi connectivity index (χ0) is 13.2. The number of aryl methyl sites for hydroxylation is 2. The minimum atomic E-state index is 0.0686. The molecule has 94 valence electrons. The van der Waals surface area contributed by atoms with Crippen molar-refractivity contribution in [2.45, 2.75) is 19.4 Å². The molecule has 0 aliphatic heterocycles. The lowest BCUT2D eigenvalue weighted by Crippen LogP contribution is -1.91. The van der Waals surface area contributed by atoms with Crippen LogP contribution in [0.2, 0.25) is 0 Å². The second-order valence-corrected chi connectivity index (χ2v) is 5.77. The molecule has 19 heavy (non-hydrogen) atoms. The summed E-state index contributed by atoms with van der Waals surface area (Å²) < 4.78 is 0. The fourth-order valence-electron chi connectivity index (χ4n) is 2.59. The first-order valence-corrected chi connectivity index (χ1v) is 7.06. The number of hydrogen-bond donors (Lipinski definition) is 1. The number of hydrogen-bond acceptors (Lipinski definition) is 3. The van der Waals surface area contributed by atoms with Gasteiger partial charge < -0.3 is 5.11 Å². The van der Waals surface area contributed by atoms with Crippen LogP contribution in [0.3, 0.4) is 0 Å². The van der Waals surface area contributed by atoms with Crippen molar-refractivity contribution in [1.29, 1.82) is 5.26 Å². The van der Waals surface area contributed by atoms with Crippen molar-refractivity contribution in [3.8, 4) is 6.07 Å². The molecule has 1 heterocycles. The van der Waals surface area contributed by atoms with Gasteiger partial charge in [-0.25, -0.2) is 0 Å². The van der Waals surface area contributed by atoms with Crippen LogP contribution in [0.5, 0.6) is 0 Å². The first-order chi connectivity index (χ1) is 9.33. The molecule has 2 nitrogen and oxygen atoms in total. The zero-order valence-electron chi connectivity index (χ0n) is 10.4. The first-order valence-electron chi connectivity index (χ1n) is 6.24. The standard InChI is InChI=1S/C16H13NOS/c17-8-7-14-13-4-2-1-3-11(13)5-6-16-15(14)9-12(10-18)19-16/h1-4,7,9,18H,5-6,10H2. The summed E-state index contributed by atoms with van der Waals surface area (Å²) in [4.78, 5) is 2.23. The predicted molar refractivity (Wildman–Crippen MR) is 76.8 cm³/mol. The molecule has 0 saturated heterocycles. The SMILES string of the molecule is N#CC=C1c2ccccc2CCc2sc(CO)cc21. The Morgan fingerprint density at radius 3 is 2.89 bits per heavy atom. The van der Waals surface area contributed by atoms with Crippen molar-refractivity contribution in [3.05, 3.63) is 62.9 Å². The molecule has 1 aromatic carbocycles. The molecule has 3 heteroatoms. The third kappa shape index (κ3) is 2.10. The van der Waals surface area contributed by atoms with Crippen LogP contribution in [0.15, 0.2) is 36.4 Å². The van der Waals surface area contributed by atoms with E-state index in [1.807, 2.05) is 18.2 Å². The predicted octanol–water partition coefficient (Wildman–Crippen LogP) is 3.29. The highest BCUT2D eigenvalue weighted by Crippen LogP contribution is 2.37. The van der Waals surface area contributed by atoms with E-state index in [0.29, 0.717) is 0 Å². The molecule has 0 amide bonds. The topological polar surface area (TPSA) is 44.0 Å². The Balaban J connectivity index is 2.23. The van der Waals surface area contributed by atoms with Gasteiger partial charge in [0.1, 0.15) is 0 Å². The second kappa shape index (κ2) is 5.00. The fraction of sp³-hybridized carbons (Fsp3) is 0.188. The maximum atomic E-state index is 9.29. The normalized spacial score (nSPS) is 15.5. The summed E-state index contributed by atoms with van der Waals surface area (Å²) in [5.74, 6) is 0. The monoisotopic (exact) mass is 267 g/mol. The number of rotatable bonds is 1. The third-order valence-corrected chi connectivity index (χ3v) is 4.62. The number of benzene rings is 1. The smallest absolute Gasteiger partial charge is 0.0918 e. The van der Waals surface area contributed by atoms with E-state index in [-0.39, 0.29) is 6.61 Å². The molecule has 0 bridgehead atoms. The molecule has 1 N–H and O–H groups in total. The fourth-order valence-corrected chi connectivity index (χ4v) is 3.63. The summed E-state index contributed by atoms with van der Waals surface area (Å²) >= 11 is 1.65. The van der Waals surface area contributed by atoms with E-state index >= 15 is 0 Å². The lowest BCUT2D eigenvalue weighted by molar-refractivity contribution is 0.285. The molecule has 0 spiro atoms. The number of thiophene rings is 1. The lowest BCUT2D eigenvalue weighted by Gasteiger charge is -2.07. The van der Waals surface area contributed by atoms with Gasteiger partial charge in [-0.3, -0.25) is 0 Å². The summed E-state index contributed by atoms with van der Waals surface area (Å²) in [5.41, 5.74) is 4.53. The second-order valence-electron chi connectivity index (χ2n) is 4.55. The van der Waals surface area contributed by atoms with Crippen LogP contribution >= 0.6 is 11.3 Å². The van der Waals surface area contributed by atoms with E-state index in [2.05, 4.69) is 18.2 Å². The van der Waals surface area contributed by atoms with E-state index < -0.39 is 0 Å². The third-order valence-electron chi connectivity index (χ3n) is 3.44. The summed E-state index contributed by atoms with van der Waals surface area (Å²) in [6.45, 7) is 0.0686. The molecule has 1 aliphatic rings. The van der Waals surface area contributed by atoms with Gasteiger partial charge in [0.25, 0.3) is 0 Å². The Kier molecular flexibility index (Phi) is 3.20. The van der Waals surface area contributed by atoms with Crippen molar-refractivity contribution < 1.29 is 5.11 Å². The molecule has 0 radical (unpaired) electrons. The number of aliphatic hydroxyl groups excluding tert-OH is 1. The quantitative estimate of drug-likeness (QED) is 0.806. The van der Waals surface area contributed by atoms with Crippen LogP contribution in [0, 0.1) is 11.3 Å². The molecule has 0 saturated carbocycles. The van der Waals surface area contributed by atoms with Crippen LogP contribution < -0.4 is 0 Å². The first kappa shape index (κ1) is 12.2. The van der Waals surface area contributed by atoms with Crippen molar-refractivity contribution in [1.82, 2.24) is 0 Å². The highest BCUT2D eigenvalue weighted by molar-refractivity contribution is 7.12. The lowest BCUT2D eigenvalue weighted by atomic mass is 9.96. The molecule has 0 fully saturated rings. The van der Waals surface area contributed by atoms with Gasteiger partial charge >= 0.3 is 0 Å². The molecule has 0 unspecified atom stereocenters. The summed E-state index contributed by atoms with van der Waals surface area (Å²) in [7, 11) is 0. The summed E-state index contributed by atoms with van der Waals surface area (Å²) in [5, 5.41) is 18.3. The van der Waals surface area contributed by atoms with Gasteiger partial charge in [0, 0.05) is 21.4 Å². The maximum Gasteiger partial charge on any atom is 0.0918 e. The molecule has 3 rings (SSSR count). The zero-order valence-corrected chi connectivity index (χ0v) is 11.2. The minimum Gasteiger partial charge on any atom is -0.391 e.